The van der Waals surface area contributed by atoms with Gasteiger partial charge in [0.15, 0.2) is 0 Å². The van der Waals surface area contributed by atoms with Gasteiger partial charge < -0.3 is 10.2 Å². The maximum atomic E-state index is 8.77. The van der Waals surface area contributed by atoms with Gasteiger partial charge in [-0.15, -0.1) is 0 Å². The Morgan fingerprint density at radius 3 is 2.33 bits per heavy atom. The van der Waals surface area contributed by atoms with Crippen molar-refractivity contribution in [3.63, 3.8) is 0 Å². The quantitative estimate of drug-likeness (QED) is 0.503. The zero-order chi connectivity index (χ0) is 6.91. The predicted molar refractivity (Wildman–Crippen MR) is 35.3 cm³/mol. The third kappa shape index (κ3) is 0.991. The predicted octanol–water partition coefficient (Wildman–Crippen LogP) is -0.436. The third-order valence-electron chi connectivity index (χ3n) is 2.30. The Balaban J connectivity index is 2.37. The number of hydrogen-bond donors (Lipinski definition) is 2. The molecule has 0 saturated heterocycles. The first-order chi connectivity index (χ1) is 4.29. The molecule has 1 fully saturated rings. The minimum atomic E-state index is -0.116. The lowest BCUT2D eigenvalue weighted by molar-refractivity contribution is 0.185. The van der Waals surface area contributed by atoms with Gasteiger partial charge in [0.1, 0.15) is 0 Å². The molecule has 2 nitrogen and oxygen atoms in total. The van der Waals surface area contributed by atoms with Gasteiger partial charge in [0.2, 0.25) is 0 Å². The molecule has 1 aliphatic carbocycles. The van der Waals surface area contributed by atoms with Crippen molar-refractivity contribution < 1.29 is 10.2 Å². The van der Waals surface area contributed by atoms with E-state index in [1.165, 1.54) is 0 Å². The van der Waals surface area contributed by atoms with Crippen LogP contribution in [0.1, 0.15) is 6.42 Å². The van der Waals surface area contributed by atoms with Crippen molar-refractivity contribution in [3.8, 4) is 0 Å². The SMILES string of the molecule is [B]C[C@@]1(CO)C[C@@H]1CO. The monoisotopic (exact) mass is 126 g/mol. The zero-order valence-electron chi connectivity index (χ0n) is 5.38. The maximum absolute atomic E-state index is 8.77. The van der Waals surface area contributed by atoms with Crippen molar-refractivity contribution in [2.45, 2.75) is 12.7 Å². The first-order valence-corrected chi connectivity index (χ1v) is 3.21. The molecule has 2 atom stereocenters. The van der Waals surface area contributed by atoms with E-state index in [1.807, 2.05) is 0 Å². The van der Waals surface area contributed by atoms with Crippen LogP contribution in [-0.2, 0) is 0 Å². The van der Waals surface area contributed by atoms with Crippen LogP contribution in [0.3, 0.4) is 0 Å². The van der Waals surface area contributed by atoms with Crippen molar-refractivity contribution in [1.29, 1.82) is 0 Å². The van der Waals surface area contributed by atoms with Gasteiger partial charge in [0.25, 0.3) is 0 Å². The van der Waals surface area contributed by atoms with Crippen LogP contribution in [0.25, 0.3) is 0 Å². The largest absolute Gasteiger partial charge is 0.396 e. The van der Waals surface area contributed by atoms with E-state index in [-0.39, 0.29) is 24.5 Å². The van der Waals surface area contributed by atoms with Crippen LogP contribution in [0.4, 0.5) is 0 Å². The summed E-state index contributed by atoms with van der Waals surface area (Å²) in [5.74, 6) is 0.257. The Bertz CT molecular complexity index is 101. The summed E-state index contributed by atoms with van der Waals surface area (Å²) in [7, 11) is 5.37. The molecule has 0 unspecified atom stereocenters. The van der Waals surface area contributed by atoms with Crippen molar-refractivity contribution in [3.05, 3.63) is 0 Å². The molecule has 0 spiro atoms. The van der Waals surface area contributed by atoms with E-state index < -0.39 is 0 Å². The highest BCUT2D eigenvalue weighted by Gasteiger charge is 2.50. The second kappa shape index (κ2) is 2.31. The summed E-state index contributed by atoms with van der Waals surface area (Å²) < 4.78 is 0. The fourth-order valence-corrected chi connectivity index (χ4v) is 1.20. The normalized spacial score (nSPS) is 40.9. The second-order valence-electron chi connectivity index (χ2n) is 2.81. The number of rotatable bonds is 3. The van der Waals surface area contributed by atoms with E-state index in [4.69, 9.17) is 18.1 Å². The van der Waals surface area contributed by atoms with E-state index in [0.717, 1.165) is 6.42 Å². The molecule has 0 bridgehead atoms. The van der Waals surface area contributed by atoms with Gasteiger partial charge in [-0.1, -0.05) is 6.32 Å². The van der Waals surface area contributed by atoms with Crippen LogP contribution in [0.2, 0.25) is 6.32 Å². The van der Waals surface area contributed by atoms with Crippen LogP contribution in [0.15, 0.2) is 0 Å². The molecule has 0 heterocycles. The molecule has 3 heteroatoms. The highest BCUT2D eigenvalue weighted by molar-refractivity contribution is 6.09. The summed E-state index contributed by atoms with van der Waals surface area (Å²) in [6.45, 7) is 0.284. The fourth-order valence-electron chi connectivity index (χ4n) is 1.20. The highest BCUT2D eigenvalue weighted by atomic mass is 16.3. The molecule has 50 valence electrons. The van der Waals surface area contributed by atoms with Gasteiger partial charge in [-0.3, -0.25) is 0 Å². The van der Waals surface area contributed by atoms with E-state index in [0.29, 0.717) is 6.32 Å². The molecule has 2 radical (unpaired) electrons. The molecule has 0 aromatic rings. The van der Waals surface area contributed by atoms with Gasteiger partial charge in [-0.2, -0.15) is 0 Å². The molecule has 1 rings (SSSR count). The van der Waals surface area contributed by atoms with Crippen molar-refractivity contribution in [2.24, 2.45) is 11.3 Å². The molecular weight excluding hydrogens is 115 g/mol. The van der Waals surface area contributed by atoms with Crippen LogP contribution in [0.5, 0.6) is 0 Å². The van der Waals surface area contributed by atoms with E-state index in [9.17, 15) is 0 Å². The lowest BCUT2D eigenvalue weighted by atomic mass is 9.87. The van der Waals surface area contributed by atoms with Gasteiger partial charge in [0, 0.05) is 13.2 Å². The smallest absolute Gasteiger partial charge is 0.0661 e. The highest BCUT2D eigenvalue weighted by Crippen LogP contribution is 2.54. The molecule has 9 heavy (non-hydrogen) atoms. The van der Waals surface area contributed by atoms with Crippen molar-refractivity contribution in [1.82, 2.24) is 0 Å². The first kappa shape index (κ1) is 7.10. The van der Waals surface area contributed by atoms with Crippen LogP contribution in [-0.4, -0.2) is 31.3 Å². The van der Waals surface area contributed by atoms with Gasteiger partial charge >= 0.3 is 0 Å². The Labute approximate surface area is 56.3 Å². The Hall–Kier alpha value is -0.0151. The van der Waals surface area contributed by atoms with E-state index in [1.54, 1.807) is 0 Å². The minimum Gasteiger partial charge on any atom is -0.396 e. The first-order valence-electron chi connectivity index (χ1n) is 3.21. The van der Waals surface area contributed by atoms with Gasteiger partial charge in [-0.05, 0) is 17.8 Å². The Morgan fingerprint density at radius 2 is 2.22 bits per heavy atom. The van der Waals surface area contributed by atoms with Crippen molar-refractivity contribution in [2.75, 3.05) is 13.2 Å². The fraction of sp³-hybridized carbons (Fsp3) is 1.00. The van der Waals surface area contributed by atoms with Crippen molar-refractivity contribution >= 4 is 7.85 Å². The van der Waals surface area contributed by atoms with Gasteiger partial charge in [0.05, 0.1) is 7.85 Å². The number of aliphatic hydroxyl groups is 2. The van der Waals surface area contributed by atoms with E-state index >= 15 is 0 Å². The summed E-state index contributed by atoms with van der Waals surface area (Å²) in [6, 6.07) is 0. The molecular formula is C6H11BO2. The van der Waals surface area contributed by atoms with Crippen LogP contribution >= 0.6 is 0 Å². The molecule has 0 amide bonds. The molecule has 0 aromatic carbocycles. The summed E-state index contributed by atoms with van der Waals surface area (Å²) in [5, 5.41) is 17.4. The molecule has 0 aliphatic heterocycles. The van der Waals surface area contributed by atoms with Crippen LogP contribution in [0, 0.1) is 11.3 Å². The summed E-state index contributed by atoms with van der Waals surface area (Å²) in [6.07, 6.45) is 1.38. The number of aliphatic hydroxyl groups excluding tert-OH is 2. The van der Waals surface area contributed by atoms with E-state index in [2.05, 4.69) is 0 Å². The average molecular weight is 126 g/mol. The lowest BCUT2D eigenvalue weighted by Crippen LogP contribution is -2.10. The molecule has 0 aromatic heterocycles. The summed E-state index contributed by atoms with van der Waals surface area (Å²) in [4.78, 5) is 0. The topological polar surface area (TPSA) is 40.5 Å². The second-order valence-corrected chi connectivity index (χ2v) is 2.81. The third-order valence-corrected chi connectivity index (χ3v) is 2.30. The van der Waals surface area contributed by atoms with Gasteiger partial charge in [-0.25, -0.2) is 0 Å². The van der Waals surface area contributed by atoms with Crippen LogP contribution < -0.4 is 0 Å². The Morgan fingerprint density at radius 1 is 1.56 bits per heavy atom. The molecule has 1 aliphatic rings. The number of hydrogen-bond acceptors (Lipinski definition) is 2. The molecule has 1 saturated carbocycles. The summed E-state index contributed by atoms with van der Waals surface area (Å²) >= 11 is 0. The summed E-state index contributed by atoms with van der Waals surface area (Å²) in [5.41, 5.74) is -0.116. The zero-order valence-corrected chi connectivity index (χ0v) is 5.38. The minimum absolute atomic E-state index is 0.116. The standard InChI is InChI=1S/C6H11BO2/c7-3-6(4-9)1-5(6)2-8/h5,8-9H,1-4H2/t5-,6-/m1/s1. The molecule has 2 N–H and O–H groups in total. The average Bonchev–Trinajstić information content (AvgIpc) is 2.63. The lowest BCUT2D eigenvalue weighted by Gasteiger charge is -2.08. The Kier molecular flexibility index (Phi) is 1.82. The maximum Gasteiger partial charge on any atom is 0.0661 e.